The lowest BCUT2D eigenvalue weighted by molar-refractivity contribution is 0.307. The quantitative estimate of drug-likeness (QED) is 0.727. The van der Waals surface area contributed by atoms with Gasteiger partial charge in [0.2, 0.25) is 0 Å². The van der Waals surface area contributed by atoms with Gasteiger partial charge < -0.3 is 10.1 Å². The minimum absolute atomic E-state index is 0.00646. The third-order valence-electron chi connectivity index (χ3n) is 4.13. The fourth-order valence-corrected chi connectivity index (χ4v) is 2.86. The molecule has 0 bridgehead atoms. The van der Waals surface area contributed by atoms with Gasteiger partial charge in [-0.3, -0.25) is 9.38 Å². The molecule has 5 nitrogen and oxygen atoms in total. The highest BCUT2D eigenvalue weighted by Gasteiger charge is 2.16. The lowest BCUT2D eigenvalue weighted by atomic mass is 10.1. The number of allylic oxidation sites excluding steroid dienone is 8. The maximum atomic E-state index is 5.30. The summed E-state index contributed by atoms with van der Waals surface area (Å²) in [6.07, 6.45) is 24.2. The predicted octanol–water partition coefficient (Wildman–Crippen LogP) is 4.70. The summed E-state index contributed by atoms with van der Waals surface area (Å²) < 4.78 is 7.32. The van der Waals surface area contributed by atoms with E-state index >= 15 is 0 Å². The monoisotopic (exact) mass is 360 g/mol. The van der Waals surface area contributed by atoms with Crippen LogP contribution in [-0.4, -0.2) is 27.5 Å². The summed E-state index contributed by atoms with van der Waals surface area (Å²) in [7, 11) is 1.67. The Labute approximate surface area is 159 Å². The average molecular weight is 360 g/mol. The van der Waals surface area contributed by atoms with Gasteiger partial charge in [0.15, 0.2) is 5.65 Å². The molecule has 0 radical (unpaired) electrons. The number of nitrogens with zero attached hydrogens (tertiary/aromatic N) is 3. The minimum Gasteiger partial charge on any atom is -0.497 e. The van der Waals surface area contributed by atoms with E-state index in [1.807, 2.05) is 41.0 Å². The van der Waals surface area contributed by atoms with Crippen molar-refractivity contribution in [2.45, 2.75) is 19.4 Å². The number of rotatable bonds is 7. The Balaban J connectivity index is 2.04. The first-order chi connectivity index (χ1) is 13.3. The van der Waals surface area contributed by atoms with E-state index in [0.717, 1.165) is 34.9 Å². The van der Waals surface area contributed by atoms with Gasteiger partial charge >= 0.3 is 0 Å². The molecule has 1 aliphatic rings. The molecule has 0 saturated carbocycles. The molecule has 27 heavy (non-hydrogen) atoms. The SMILES string of the molecule is C=C/C=C\C(=C/CC)c1nc2cnccn2c1NC1C=CC=C(OC)C=C1. The van der Waals surface area contributed by atoms with Crippen LogP contribution in [0, 0.1) is 0 Å². The molecular weight excluding hydrogens is 336 g/mol. The molecule has 3 rings (SSSR count). The first kappa shape index (κ1) is 18.5. The largest absolute Gasteiger partial charge is 0.497 e. The molecule has 1 N–H and O–H groups in total. The average Bonchev–Trinajstić information content (AvgIpc) is 2.89. The van der Waals surface area contributed by atoms with Crippen LogP contribution in [0.1, 0.15) is 19.0 Å². The molecule has 1 unspecified atom stereocenters. The highest BCUT2D eigenvalue weighted by Crippen LogP contribution is 2.27. The third-order valence-corrected chi connectivity index (χ3v) is 4.13. The second-order valence-electron chi connectivity index (χ2n) is 5.96. The number of anilines is 1. The summed E-state index contributed by atoms with van der Waals surface area (Å²) in [4.78, 5) is 9.00. The van der Waals surface area contributed by atoms with E-state index in [1.54, 1.807) is 25.6 Å². The van der Waals surface area contributed by atoms with Gasteiger partial charge in [0, 0.05) is 12.4 Å². The Bertz CT molecular complexity index is 960. The molecule has 2 aromatic rings. The summed E-state index contributed by atoms with van der Waals surface area (Å²) in [5.41, 5.74) is 2.72. The molecular formula is C22H24N4O. The van der Waals surface area contributed by atoms with E-state index < -0.39 is 0 Å². The number of nitrogens with one attached hydrogen (secondary N) is 1. The molecule has 0 aliphatic heterocycles. The highest BCUT2D eigenvalue weighted by molar-refractivity contribution is 5.81. The Morgan fingerprint density at radius 2 is 2.30 bits per heavy atom. The van der Waals surface area contributed by atoms with Crippen LogP contribution in [0.15, 0.2) is 85.6 Å². The summed E-state index contributed by atoms with van der Waals surface area (Å²) in [6.45, 7) is 5.88. The van der Waals surface area contributed by atoms with Gasteiger partial charge in [0.05, 0.1) is 19.3 Å². The summed E-state index contributed by atoms with van der Waals surface area (Å²) >= 11 is 0. The third kappa shape index (κ3) is 4.26. The molecule has 138 valence electrons. The van der Waals surface area contributed by atoms with Gasteiger partial charge in [-0.1, -0.05) is 56.0 Å². The molecule has 0 saturated heterocycles. The first-order valence-corrected chi connectivity index (χ1v) is 8.95. The number of hydrogen-bond donors (Lipinski definition) is 1. The summed E-state index contributed by atoms with van der Waals surface area (Å²) in [5, 5.41) is 3.58. The molecule has 0 aromatic carbocycles. The van der Waals surface area contributed by atoms with E-state index in [0.29, 0.717) is 0 Å². The van der Waals surface area contributed by atoms with Crippen molar-refractivity contribution in [2.75, 3.05) is 12.4 Å². The van der Waals surface area contributed by atoms with E-state index in [-0.39, 0.29) is 6.04 Å². The van der Waals surface area contributed by atoms with Crippen LogP contribution in [0.4, 0.5) is 5.82 Å². The van der Waals surface area contributed by atoms with E-state index in [9.17, 15) is 0 Å². The summed E-state index contributed by atoms with van der Waals surface area (Å²) in [6, 6.07) is 0.00646. The number of ether oxygens (including phenoxy) is 1. The maximum absolute atomic E-state index is 5.30. The topological polar surface area (TPSA) is 51.5 Å². The van der Waals surface area contributed by atoms with Gasteiger partial charge in [-0.05, 0) is 24.1 Å². The molecule has 0 amide bonds. The van der Waals surface area contributed by atoms with Crippen molar-refractivity contribution in [3.05, 3.63) is 91.3 Å². The van der Waals surface area contributed by atoms with Crippen LogP contribution in [0.2, 0.25) is 0 Å². The summed E-state index contributed by atoms with van der Waals surface area (Å²) in [5.74, 6) is 1.74. The number of methoxy groups -OCH3 is 1. The van der Waals surface area contributed by atoms with Crippen molar-refractivity contribution in [1.29, 1.82) is 0 Å². The van der Waals surface area contributed by atoms with Gasteiger partial charge in [0.1, 0.15) is 17.3 Å². The predicted molar refractivity (Wildman–Crippen MR) is 111 cm³/mol. The zero-order chi connectivity index (χ0) is 19.1. The van der Waals surface area contributed by atoms with Crippen LogP contribution < -0.4 is 5.32 Å². The Morgan fingerprint density at radius 1 is 1.41 bits per heavy atom. The van der Waals surface area contributed by atoms with E-state index in [2.05, 4.69) is 42.0 Å². The number of aromatic nitrogens is 3. The van der Waals surface area contributed by atoms with Crippen LogP contribution in [-0.2, 0) is 4.74 Å². The lowest BCUT2D eigenvalue weighted by Crippen LogP contribution is -2.16. The fraction of sp³-hybridized carbons (Fsp3) is 0.182. The van der Waals surface area contributed by atoms with E-state index in [1.165, 1.54) is 0 Å². The molecule has 2 heterocycles. The minimum atomic E-state index is 0.00646. The van der Waals surface area contributed by atoms with Crippen LogP contribution in [0.25, 0.3) is 11.2 Å². The van der Waals surface area contributed by atoms with E-state index in [4.69, 9.17) is 9.72 Å². The second kappa shape index (κ2) is 8.85. The van der Waals surface area contributed by atoms with Crippen molar-refractivity contribution < 1.29 is 4.74 Å². The molecule has 0 fully saturated rings. The lowest BCUT2D eigenvalue weighted by Gasteiger charge is -2.14. The second-order valence-corrected chi connectivity index (χ2v) is 5.96. The molecule has 1 atom stereocenters. The standard InChI is InChI=1S/C22H24N4O/c1-4-6-9-17(8-5-2)21-22(26-15-14-23-16-20(26)25-21)24-18-10-7-11-19(27-3)13-12-18/h4,6-16,18,24H,1,5H2,2-3H3/b9-6-,17-8+. The van der Waals surface area contributed by atoms with Crippen LogP contribution >= 0.6 is 0 Å². The van der Waals surface area contributed by atoms with Crippen molar-refractivity contribution in [3.8, 4) is 0 Å². The first-order valence-electron chi connectivity index (χ1n) is 8.95. The zero-order valence-corrected chi connectivity index (χ0v) is 15.7. The van der Waals surface area contributed by atoms with Crippen molar-refractivity contribution in [3.63, 3.8) is 0 Å². The number of imidazole rings is 1. The fourth-order valence-electron chi connectivity index (χ4n) is 2.86. The van der Waals surface area contributed by atoms with Crippen molar-refractivity contribution in [2.24, 2.45) is 0 Å². The highest BCUT2D eigenvalue weighted by atomic mass is 16.5. The Morgan fingerprint density at radius 3 is 3.07 bits per heavy atom. The van der Waals surface area contributed by atoms with Crippen LogP contribution in [0.5, 0.6) is 0 Å². The molecule has 0 spiro atoms. The maximum Gasteiger partial charge on any atom is 0.157 e. The Kier molecular flexibility index (Phi) is 6.05. The zero-order valence-electron chi connectivity index (χ0n) is 15.7. The normalized spacial score (nSPS) is 17.2. The van der Waals surface area contributed by atoms with Gasteiger partial charge in [-0.2, -0.15) is 0 Å². The van der Waals surface area contributed by atoms with Gasteiger partial charge in [0.25, 0.3) is 0 Å². The number of fused-ring (bicyclic) bond motifs is 1. The van der Waals surface area contributed by atoms with Gasteiger partial charge in [-0.15, -0.1) is 0 Å². The number of hydrogen-bond acceptors (Lipinski definition) is 4. The smallest absolute Gasteiger partial charge is 0.157 e. The van der Waals surface area contributed by atoms with Crippen molar-refractivity contribution >= 4 is 17.0 Å². The molecule has 1 aliphatic carbocycles. The van der Waals surface area contributed by atoms with Crippen molar-refractivity contribution in [1.82, 2.24) is 14.4 Å². The van der Waals surface area contributed by atoms with Gasteiger partial charge in [-0.25, -0.2) is 4.98 Å². The Hall–Kier alpha value is -3.34. The molecule has 5 heteroatoms. The van der Waals surface area contributed by atoms with Crippen LogP contribution in [0.3, 0.4) is 0 Å². The molecule has 2 aromatic heterocycles.